The van der Waals surface area contributed by atoms with Crippen molar-refractivity contribution in [3.05, 3.63) is 0 Å². The number of hydrogen-bond donors (Lipinski definition) is 0. The zero-order valence-corrected chi connectivity index (χ0v) is 5.20. The number of thiocarbonyl (C=S) groups is 1. The molecule has 0 aliphatic carbocycles. The van der Waals surface area contributed by atoms with Crippen LogP contribution in [0.4, 0.5) is 13.2 Å². The van der Waals surface area contributed by atoms with Crippen LogP contribution in [0.2, 0.25) is 0 Å². The predicted octanol–water partition coefficient (Wildman–Crippen LogP) is 2.50. The highest BCUT2D eigenvalue weighted by molar-refractivity contribution is 7.83. The standard InChI is InChI=1S/C3H2ClF3S/c4-2(8)1-3(5,6)7/h1H2. The van der Waals surface area contributed by atoms with Gasteiger partial charge in [0.15, 0.2) is 0 Å². The van der Waals surface area contributed by atoms with Crippen molar-refractivity contribution in [2.24, 2.45) is 0 Å². The second kappa shape index (κ2) is 2.64. The minimum Gasteiger partial charge on any atom is -0.171 e. The average molecular weight is 163 g/mol. The molecule has 0 bridgehead atoms. The molecule has 0 unspecified atom stereocenters. The first-order valence-corrected chi connectivity index (χ1v) is 2.45. The maximum absolute atomic E-state index is 11.1. The lowest BCUT2D eigenvalue weighted by molar-refractivity contribution is -0.120. The Kier molecular flexibility index (Phi) is 2.70. The lowest BCUT2D eigenvalue weighted by Crippen LogP contribution is -2.09. The summed E-state index contributed by atoms with van der Waals surface area (Å²) < 4.78 is 32.9. The van der Waals surface area contributed by atoms with E-state index in [4.69, 9.17) is 11.6 Å². The van der Waals surface area contributed by atoms with Gasteiger partial charge in [-0.1, -0.05) is 23.8 Å². The molecule has 0 atom stereocenters. The van der Waals surface area contributed by atoms with Crippen molar-refractivity contribution in [3.63, 3.8) is 0 Å². The highest BCUT2D eigenvalue weighted by Gasteiger charge is 2.28. The third kappa shape index (κ3) is 6.17. The van der Waals surface area contributed by atoms with E-state index in [9.17, 15) is 13.2 Å². The summed E-state index contributed by atoms with van der Waals surface area (Å²) in [7, 11) is 0. The van der Waals surface area contributed by atoms with Gasteiger partial charge >= 0.3 is 6.18 Å². The van der Waals surface area contributed by atoms with Gasteiger partial charge in [-0.15, -0.1) is 0 Å². The van der Waals surface area contributed by atoms with Crippen molar-refractivity contribution in [1.82, 2.24) is 0 Å². The zero-order valence-electron chi connectivity index (χ0n) is 3.63. The summed E-state index contributed by atoms with van der Waals surface area (Å²) >= 11 is 8.76. The van der Waals surface area contributed by atoms with Gasteiger partial charge in [-0.3, -0.25) is 0 Å². The normalized spacial score (nSPS) is 11.5. The minimum absolute atomic E-state index is 0.544. The monoisotopic (exact) mass is 162 g/mol. The fourth-order valence-electron chi connectivity index (χ4n) is 0.158. The molecule has 8 heavy (non-hydrogen) atoms. The quantitative estimate of drug-likeness (QED) is 0.422. The molecule has 0 aromatic carbocycles. The van der Waals surface area contributed by atoms with E-state index in [0.29, 0.717) is 0 Å². The second-order valence-electron chi connectivity index (χ2n) is 1.15. The molecule has 0 aliphatic rings. The fraction of sp³-hybridized carbons (Fsp3) is 0.667. The van der Waals surface area contributed by atoms with Gasteiger partial charge in [0.25, 0.3) is 0 Å². The van der Waals surface area contributed by atoms with Gasteiger partial charge in [-0.2, -0.15) is 13.2 Å². The molecule has 0 spiro atoms. The molecule has 0 nitrogen and oxygen atoms in total. The van der Waals surface area contributed by atoms with Crippen LogP contribution < -0.4 is 0 Å². The molecule has 0 fully saturated rings. The molecule has 0 heterocycles. The van der Waals surface area contributed by atoms with Crippen molar-refractivity contribution in [2.75, 3.05) is 0 Å². The lowest BCUT2D eigenvalue weighted by Gasteiger charge is -2.00. The summed E-state index contributed by atoms with van der Waals surface area (Å²) in [5.41, 5.74) is 0. The second-order valence-corrected chi connectivity index (χ2v) is 2.32. The Morgan fingerprint density at radius 2 is 1.88 bits per heavy atom. The summed E-state index contributed by atoms with van der Waals surface area (Å²) in [5, 5.41) is 0. The Bertz CT molecular complexity index is 97.2. The summed E-state index contributed by atoms with van der Waals surface area (Å²) in [6.07, 6.45) is -5.43. The van der Waals surface area contributed by atoms with E-state index in [1.54, 1.807) is 0 Å². The Labute approximate surface area is 54.6 Å². The Morgan fingerprint density at radius 3 is 1.88 bits per heavy atom. The number of hydrogen-bond acceptors (Lipinski definition) is 1. The van der Waals surface area contributed by atoms with Gasteiger partial charge in [0, 0.05) is 0 Å². The molecule has 0 aliphatic heterocycles. The zero-order chi connectivity index (χ0) is 6.78. The van der Waals surface area contributed by atoms with Crippen LogP contribution >= 0.6 is 23.8 Å². The van der Waals surface area contributed by atoms with Crippen molar-refractivity contribution in [2.45, 2.75) is 12.6 Å². The van der Waals surface area contributed by atoms with Crippen molar-refractivity contribution in [3.8, 4) is 0 Å². The first-order chi connectivity index (χ1) is 3.42. The van der Waals surface area contributed by atoms with E-state index >= 15 is 0 Å². The van der Waals surface area contributed by atoms with E-state index in [1.807, 2.05) is 0 Å². The van der Waals surface area contributed by atoms with Gasteiger partial charge in [0.2, 0.25) is 0 Å². The molecule has 48 valence electrons. The van der Waals surface area contributed by atoms with Gasteiger partial charge in [-0.25, -0.2) is 0 Å². The molecular weight excluding hydrogens is 161 g/mol. The summed E-state index contributed by atoms with van der Waals surface area (Å²) in [4.78, 5) is 0. The highest BCUT2D eigenvalue weighted by Crippen LogP contribution is 2.20. The smallest absolute Gasteiger partial charge is 0.171 e. The topological polar surface area (TPSA) is 0 Å². The van der Waals surface area contributed by atoms with E-state index in [2.05, 4.69) is 12.2 Å². The largest absolute Gasteiger partial charge is 0.394 e. The third-order valence-electron chi connectivity index (χ3n) is 0.339. The van der Waals surface area contributed by atoms with E-state index in [-0.39, 0.29) is 0 Å². The average Bonchev–Trinajstić information content (AvgIpc) is 1.21. The Hall–Kier alpha value is 0.170. The molecule has 0 saturated heterocycles. The minimum atomic E-state index is -4.25. The number of rotatable bonds is 1. The van der Waals surface area contributed by atoms with Crippen molar-refractivity contribution in [1.29, 1.82) is 0 Å². The third-order valence-corrected chi connectivity index (χ3v) is 0.617. The molecule has 5 heteroatoms. The van der Waals surface area contributed by atoms with Gasteiger partial charge < -0.3 is 0 Å². The number of alkyl halides is 3. The highest BCUT2D eigenvalue weighted by atomic mass is 35.5. The molecule has 0 rings (SSSR count). The molecule has 0 aromatic heterocycles. The van der Waals surface area contributed by atoms with Crippen LogP contribution in [-0.2, 0) is 0 Å². The molecule has 0 radical (unpaired) electrons. The van der Waals surface area contributed by atoms with Crippen molar-refractivity contribution < 1.29 is 13.2 Å². The van der Waals surface area contributed by atoms with E-state index in [1.165, 1.54) is 0 Å². The molecule has 0 aromatic rings. The fourth-order valence-corrected chi connectivity index (χ4v) is 0.473. The van der Waals surface area contributed by atoms with Gasteiger partial charge in [0.05, 0.1) is 10.7 Å². The Morgan fingerprint density at radius 1 is 1.50 bits per heavy atom. The SMILES string of the molecule is FC(F)(F)CC(=S)Cl. The molecule has 0 saturated carbocycles. The number of halogens is 4. The van der Waals surface area contributed by atoms with Crippen LogP contribution in [0.3, 0.4) is 0 Å². The maximum Gasteiger partial charge on any atom is 0.394 e. The van der Waals surface area contributed by atoms with E-state index in [0.717, 1.165) is 0 Å². The predicted molar refractivity (Wildman–Crippen MR) is 29.1 cm³/mol. The molecular formula is C3H2ClF3S. The molecule has 0 amide bonds. The van der Waals surface area contributed by atoms with Crippen LogP contribution in [-0.4, -0.2) is 10.5 Å². The molecule has 0 N–H and O–H groups in total. The Balaban J connectivity index is 3.55. The van der Waals surface area contributed by atoms with Crippen LogP contribution in [0, 0.1) is 0 Å². The van der Waals surface area contributed by atoms with Crippen molar-refractivity contribution >= 4 is 28.1 Å². The van der Waals surface area contributed by atoms with Crippen LogP contribution in [0.5, 0.6) is 0 Å². The summed E-state index contributed by atoms with van der Waals surface area (Å²) in [5.74, 6) is 0. The van der Waals surface area contributed by atoms with Crippen LogP contribution in [0.1, 0.15) is 6.42 Å². The van der Waals surface area contributed by atoms with Crippen LogP contribution in [0.25, 0.3) is 0 Å². The summed E-state index contributed by atoms with van der Waals surface area (Å²) in [6.45, 7) is 0. The first kappa shape index (κ1) is 8.17. The first-order valence-electron chi connectivity index (χ1n) is 1.67. The van der Waals surface area contributed by atoms with E-state index < -0.39 is 16.9 Å². The lowest BCUT2D eigenvalue weighted by atomic mass is 10.5. The summed E-state index contributed by atoms with van der Waals surface area (Å²) in [6, 6.07) is 0. The maximum atomic E-state index is 11.1. The van der Waals surface area contributed by atoms with Crippen LogP contribution in [0.15, 0.2) is 0 Å². The van der Waals surface area contributed by atoms with Gasteiger partial charge in [-0.05, 0) is 0 Å². The van der Waals surface area contributed by atoms with Gasteiger partial charge in [0.1, 0.15) is 0 Å².